The van der Waals surface area contributed by atoms with Gasteiger partial charge in [-0.05, 0) is 48.7 Å². The minimum atomic E-state index is 0.501. The van der Waals surface area contributed by atoms with Gasteiger partial charge in [0.2, 0.25) is 0 Å². The van der Waals surface area contributed by atoms with E-state index in [1.165, 1.54) is 5.69 Å². The topological polar surface area (TPSA) is 43.1 Å². The van der Waals surface area contributed by atoms with E-state index < -0.39 is 0 Å². The maximum atomic E-state index is 4.78. The molecule has 3 rings (SSSR count). The second kappa shape index (κ2) is 6.08. The summed E-state index contributed by atoms with van der Waals surface area (Å²) in [4.78, 5) is 10.2. The number of aryl methyl sites for hydroxylation is 2. The van der Waals surface area contributed by atoms with Gasteiger partial charge in [0.1, 0.15) is 4.60 Å². The van der Waals surface area contributed by atoms with Crippen LogP contribution in [0.2, 0.25) is 0 Å². The van der Waals surface area contributed by atoms with Gasteiger partial charge in [-0.25, -0.2) is 14.5 Å². The van der Waals surface area contributed by atoms with E-state index >= 15 is 0 Å². The molecule has 0 aliphatic heterocycles. The molecule has 0 bridgehead atoms. The number of nitrogens with zero attached hydrogens (tertiary/aromatic N) is 4. The average molecular weight is 379 g/mol. The van der Waals surface area contributed by atoms with Crippen molar-refractivity contribution in [3.63, 3.8) is 0 Å². The Labute approximate surface area is 142 Å². The highest BCUT2D eigenvalue weighted by molar-refractivity contribution is 9.10. The van der Waals surface area contributed by atoms with Crippen molar-refractivity contribution in [3.05, 3.63) is 33.3 Å². The molecule has 6 heteroatoms. The predicted octanol–water partition coefficient (Wildman–Crippen LogP) is 5.14. The van der Waals surface area contributed by atoms with Crippen LogP contribution in [0.4, 0.5) is 0 Å². The SMILES string of the molecule is CCC(CC)c1cc(C)nc2c(-c3scnc3Br)c(C)nn12. The molecule has 0 atom stereocenters. The van der Waals surface area contributed by atoms with Crippen molar-refractivity contribution in [1.82, 2.24) is 19.6 Å². The Hall–Kier alpha value is -1.27. The van der Waals surface area contributed by atoms with Crippen molar-refractivity contribution in [3.8, 4) is 10.4 Å². The molecule has 0 saturated heterocycles. The minimum absolute atomic E-state index is 0.501. The van der Waals surface area contributed by atoms with Gasteiger partial charge in [0.15, 0.2) is 5.65 Å². The number of aromatic nitrogens is 4. The van der Waals surface area contributed by atoms with Gasteiger partial charge in [-0.15, -0.1) is 11.3 Å². The Morgan fingerprint density at radius 2 is 2.00 bits per heavy atom. The molecule has 0 N–H and O–H groups in total. The first-order valence-corrected chi connectivity index (χ1v) is 9.20. The number of halogens is 1. The van der Waals surface area contributed by atoms with Crippen molar-refractivity contribution in [1.29, 1.82) is 0 Å². The molecule has 0 amide bonds. The van der Waals surface area contributed by atoms with E-state index in [-0.39, 0.29) is 0 Å². The summed E-state index contributed by atoms with van der Waals surface area (Å²) in [6.45, 7) is 8.56. The van der Waals surface area contributed by atoms with E-state index in [4.69, 9.17) is 10.1 Å². The van der Waals surface area contributed by atoms with Crippen LogP contribution in [0.5, 0.6) is 0 Å². The summed E-state index contributed by atoms with van der Waals surface area (Å²) in [5, 5.41) is 4.78. The van der Waals surface area contributed by atoms with Gasteiger partial charge >= 0.3 is 0 Å². The molecule has 0 spiro atoms. The summed E-state index contributed by atoms with van der Waals surface area (Å²) >= 11 is 5.15. The molecule has 3 heterocycles. The van der Waals surface area contributed by atoms with E-state index in [0.717, 1.165) is 44.9 Å². The van der Waals surface area contributed by atoms with Crippen LogP contribution in [0.15, 0.2) is 16.2 Å². The maximum Gasteiger partial charge on any atom is 0.164 e. The minimum Gasteiger partial charge on any atom is -0.237 e. The third kappa shape index (κ3) is 2.48. The van der Waals surface area contributed by atoms with Crippen molar-refractivity contribution in [2.75, 3.05) is 0 Å². The van der Waals surface area contributed by atoms with Crippen molar-refractivity contribution in [2.45, 2.75) is 46.5 Å². The fourth-order valence-electron chi connectivity index (χ4n) is 2.93. The fourth-order valence-corrected chi connectivity index (χ4v) is 4.42. The highest BCUT2D eigenvalue weighted by Crippen LogP contribution is 2.37. The number of rotatable bonds is 4. The maximum absolute atomic E-state index is 4.78. The predicted molar refractivity (Wildman–Crippen MR) is 94.6 cm³/mol. The summed E-state index contributed by atoms with van der Waals surface area (Å²) in [5.41, 5.74) is 7.16. The molecule has 0 aromatic carbocycles. The van der Waals surface area contributed by atoms with Crippen molar-refractivity contribution in [2.24, 2.45) is 0 Å². The molecule has 0 aliphatic rings. The van der Waals surface area contributed by atoms with Crippen LogP contribution >= 0.6 is 27.3 Å². The Morgan fingerprint density at radius 3 is 2.59 bits per heavy atom. The Morgan fingerprint density at radius 1 is 1.27 bits per heavy atom. The van der Waals surface area contributed by atoms with E-state index in [9.17, 15) is 0 Å². The molecular formula is C16H19BrN4S. The molecule has 3 aromatic rings. The first-order chi connectivity index (χ1) is 10.6. The second-order valence-electron chi connectivity index (χ2n) is 5.50. The van der Waals surface area contributed by atoms with Crippen LogP contribution in [0.25, 0.3) is 16.1 Å². The second-order valence-corrected chi connectivity index (χ2v) is 7.11. The molecule has 0 saturated carbocycles. The molecule has 116 valence electrons. The van der Waals surface area contributed by atoms with Gasteiger partial charge in [-0.1, -0.05) is 13.8 Å². The van der Waals surface area contributed by atoms with Gasteiger partial charge in [0.25, 0.3) is 0 Å². The smallest absolute Gasteiger partial charge is 0.164 e. The quantitative estimate of drug-likeness (QED) is 0.631. The zero-order chi connectivity index (χ0) is 15.9. The molecule has 0 aliphatic carbocycles. The highest BCUT2D eigenvalue weighted by atomic mass is 79.9. The third-order valence-corrected chi connectivity index (χ3v) is 5.78. The van der Waals surface area contributed by atoms with Gasteiger partial charge in [0, 0.05) is 17.3 Å². The largest absolute Gasteiger partial charge is 0.237 e. The standard InChI is InChI=1S/C16H19BrN4S/c1-5-11(6-2)12-7-9(3)19-16-13(10(4)20-21(12)16)14-15(17)18-8-22-14/h7-8,11H,5-6H2,1-4H3. The van der Waals surface area contributed by atoms with Gasteiger partial charge in [-0.3, -0.25) is 0 Å². The Balaban J connectivity index is 2.33. The summed E-state index contributed by atoms with van der Waals surface area (Å²) in [5.74, 6) is 0.501. The highest BCUT2D eigenvalue weighted by Gasteiger charge is 2.21. The van der Waals surface area contributed by atoms with Crippen LogP contribution in [-0.2, 0) is 0 Å². The summed E-state index contributed by atoms with van der Waals surface area (Å²) in [6, 6.07) is 2.17. The van der Waals surface area contributed by atoms with Gasteiger partial charge in [-0.2, -0.15) is 5.10 Å². The van der Waals surface area contributed by atoms with Crippen molar-refractivity contribution >= 4 is 32.9 Å². The summed E-state index contributed by atoms with van der Waals surface area (Å²) < 4.78 is 2.89. The zero-order valence-corrected chi connectivity index (χ0v) is 15.6. The average Bonchev–Trinajstić information content (AvgIpc) is 3.03. The van der Waals surface area contributed by atoms with Crippen LogP contribution in [0.1, 0.15) is 49.7 Å². The number of thiazole rings is 1. The first-order valence-electron chi connectivity index (χ1n) is 7.53. The van der Waals surface area contributed by atoms with Gasteiger partial charge in [0.05, 0.1) is 21.6 Å². The number of hydrogen-bond acceptors (Lipinski definition) is 4. The van der Waals surface area contributed by atoms with E-state index in [2.05, 4.69) is 47.8 Å². The summed E-state index contributed by atoms with van der Waals surface area (Å²) in [6.07, 6.45) is 2.21. The fraction of sp³-hybridized carbons (Fsp3) is 0.438. The lowest BCUT2D eigenvalue weighted by atomic mass is 9.98. The first kappa shape index (κ1) is 15.6. The molecule has 0 fully saturated rings. The van der Waals surface area contributed by atoms with E-state index in [1.54, 1.807) is 11.3 Å². The molecule has 22 heavy (non-hydrogen) atoms. The van der Waals surface area contributed by atoms with Crippen molar-refractivity contribution < 1.29 is 0 Å². The van der Waals surface area contributed by atoms with Gasteiger partial charge < -0.3 is 0 Å². The molecular weight excluding hydrogens is 360 g/mol. The number of fused-ring (bicyclic) bond motifs is 1. The molecule has 0 radical (unpaired) electrons. The number of hydrogen-bond donors (Lipinski definition) is 0. The molecule has 0 unspecified atom stereocenters. The Bertz CT molecular complexity index is 817. The third-order valence-electron chi connectivity index (χ3n) is 4.07. The monoisotopic (exact) mass is 378 g/mol. The van der Waals surface area contributed by atoms with Crippen LogP contribution in [0, 0.1) is 13.8 Å². The zero-order valence-electron chi connectivity index (χ0n) is 13.2. The van der Waals surface area contributed by atoms with E-state index in [1.807, 2.05) is 16.9 Å². The lowest BCUT2D eigenvalue weighted by Crippen LogP contribution is -2.07. The van der Waals surface area contributed by atoms with Crippen LogP contribution in [0.3, 0.4) is 0 Å². The Kier molecular flexibility index (Phi) is 4.32. The molecule has 4 nitrogen and oxygen atoms in total. The van der Waals surface area contributed by atoms with Crippen LogP contribution < -0.4 is 0 Å². The lowest BCUT2D eigenvalue weighted by molar-refractivity contribution is 0.598. The lowest BCUT2D eigenvalue weighted by Gasteiger charge is -2.15. The summed E-state index contributed by atoms with van der Waals surface area (Å²) in [7, 11) is 0. The van der Waals surface area contributed by atoms with Crippen LogP contribution in [-0.4, -0.2) is 19.6 Å². The normalized spacial score (nSPS) is 11.7. The van der Waals surface area contributed by atoms with E-state index in [0.29, 0.717) is 5.92 Å². The molecule has 3 aromatic heterocycles.